The third-order valence-electron chi connectivity index (χ3n) is 6.05. The van der Waals surface area contributed by atoms with Crippen LogP contribution in [0.5, 0.6) is 0 Å². The molecule has 3 heterocycles. The van der Waals surface area contributed by atoms with Crippen LogP contribution in [0, 0.1) is 17.8 Å². The number of nitrogens with one attached hydrogen (secondary N) is 1. The number of hydrogen-bond acceptors (Lipinski definition) is 4. The Hall–Kier alpha value is -0.650. The van der Waals surface area contributed by atoms with Gasteiger partial charge in [0.05, 0.1) is 6.10 Å². The third kappa shape index (κ3) is 4.06. The van der Waals surface area contributed by atoms with Gasteiger partial charge in [0, 0.05) is 32.8 Å². The topological polar surface area (TPSA) is 50.8 Å². The fraction of sp³-hybridized carbons (Fsp3) is 0.944. The fourth-order valence-corrected chi connectivity index (χ4v) is 4.30. The fourth-order valence-electron chi connectivity index (χ4n) is 4.30. The maximum Gasteiger partial charge on any atom is 0.249 e. The van der Waals surface area contributed by atoms with Crippen LogP contribution < -0.4 is 5.32 Å². The van der Waals surface area contributed by atoms with Crippen molar-refractivity contribution in [2.45, 2.75) is 50.7 Å². The largest absolute Gasteiger partial charge is 0.381 e. The van der Waals surface area contributed by atoms with Crippen LogP contribution in [0.25, 0.3) is 0 Å². The molecular weight excluding hydrogens is 292 g/mol. The lowest BCUT2D eigenvalue weighted by atomic mass is 9.91. The molecule has 0 aromatic carbocycles. The minimum atomic E-state index is -0.217. The molecule has 5 nitrogen and oxygen atoms in total. The van der Waals surface area contributed by atoms with E-state index in [4.69, 9.17) is 9.47 Å². The molecule has 0 aromatic heterocycles. The van der Waals surface area contributed by atoms with Gasteiger partial charge in [-0.05, 0) is 62.8 Å². The maximum atomic E-state index is 12.4. The zero-order chi connectivity index (χ0) is 15.6. The average molecular weight is 322 g/mol. The highest BCUT2D eigenvalue weighted by Crippen LogP contribution is 2.36. The van der Waals surface area contributed by atoms with Gasteiger partial charge in [0.25, 0.3) is 0 Å². The molecule has 0 bridgehead atoms. The Morgan fingerprint density at radius 2 is 1.91 bits per heavy atom. The first-order valence-corrected chi connectivity index (χ1v) is 9.51. The highest BCUT2D eigenvalue weighted by Gasteiger charge is 2.42. The Morgan fingerprint density at radius 3 is 2.70 bits per heavy atom. The van der Waals surface area contributed by atoms with Gasteiger partial charge in [0.15, 0.2) is 0 Å². The number of piperidine rings is 1. The summed E-state index contributed by atoms with van der Waals surface area (Å²) in [6, 6.07) is 0. The minimum Gasteiger partial charge on any atom is -0.381 e. The number of ether oxygens (including phenoxy) is 2. The molecule has 4 aliphatic rings. The van der Waals surface area contributed by atoms with Gasteiger partial charge in [-0.2, -0.15) is 0 Å². The number of rotatable bonds is 5. The third-order valence-corrected chi connectivity index (χ3v) is 6.05. The van der Waals surface area contributed by atoms with Crippen molar-refractivity contribution in [1.82, 2.24) is 10.2 Å². The molecule has 1 saturated carbocycles. The van der Waals surface area contributed by atoms with Crippen molar-refractivity contribution in [2.24, 2.45) is 17.8 Å². The van der Waals surface area contributed by atoms with E-state index in [2.05, 4.69) is 10.2 Å². The van der Waals surface area contributed by atoms with Gasteiger partial charge in [-0.1, -0.05) is 0 Å². The predicted molar refractivity (Wildman–Crippen MR) is 87.1 cm³/mol. The van der Waals surface area contributed by atoms with E-state index in [9.17, 15) is 4.79 Å². The summed E-state index contributed by atoms with van der Waals surface area (Å²) in [5.74, 6) is 2.21. The Morgan fingerprint density at radius 1 is 1.09 bits per heavy atom. The molecule has 1 aliphatic carbocycles. The summed E-state index contributed by atoms with van der Waals surface area (Å²) in [6.45, 7) is 5.92. The van der Waals surface area contributed by atoms with Crippen molar-refractivity contribution in [3.8, 4) is 0 Å². The first kappa shape index (κ1) is 15.9. The van der Waals surface area contributed by atoms with E-state index >= 15 is 0 Å². The van der Waals surface area contributed by atoms with Gasteiger partial charge in [0.2, 0.25) is 5.91 Å². The first-order valence-electron chi connectivity index (χ1n) is 9.51. The number of nitrogens with zero attached hydrogens (tertiary/aromatic N) is 1. The molecule has 5 heteroatoms. The molecular formula is C18H30N2O3. The van der Waals surface area contributed by atoms with Crippen LogP contribution in [0.1, 0.15) is 38.5 Å². The van der Waals surface area contributed by atoms with Crippen LogP contribution in [0.2, 0.25) is 0 Å². The van der Waals surface area contributed by atoms with E-state index in [0.29, 0.717) is 11.8 Å². The normalized spacial score (nSPS) is 35.9. The van der Waals surface area contributed by atoms with Crippen LogP contribution in [0.15, 0.2) is 0 Å². The quantitative estimate of drug-likeness (QED) is 0.832. The molecule has 0 unspecified atom stereocenters. The van der Waals surface area contributed by atoms with Crippen LogP contribution in [-0.2, 0) is 14.3 Å². The molecule has 3 aliphatic heterocycles. The summed E-state index contributed by atoms with van der Waals surface area (Å²) in [5, 5.41) is 3.12. The number of carbonyl (C=O) groups is 1. The van der Waals surface area contributed by atoms with Crippen LogP contribution in [-0.4, -0.2) is 62.4 Å². The average Bonchev–Trinajstić information content (AvgIpc) is 3.29. The second-order valence-corrected chi connectivity index (χ2v) is 7.95. The lowest BCUT2D eigenvalue weighted by Crippen LogP contribution is -2.43. The number of amides is 1. The van der Waals surface area contributed by atoms with Crippen molar-refractivity contribution < 1.29 is 14.3 Å². The van der Waals surface area contributed by atoms with Gasteiger partial charge in [0.1, 0.15) is 6.10 Å². The number of fused-ring (bicyclic) bond motifs is 1. The molecule has 4 fully saturated rings. The summed E-state index contributed by atoms with van der Waals surface area (Å²) in [4.78, 5) is 15.0. The second kappa shape index (κ2) is 7.08. The zero-order valence-corrected chi connectivity index (χ0v) is 14.0. The van der Waals surface area contributed by atoms with Gasteiger partial charge in [-0.3, -0.25) is 4.79 Å². The Labute approximate surface area is 139 Å². The highest BCUT2D eigenvalue weighted by atomic mass is 16.5. The first-order chi connectivity index (χ1) is 11.3. The maximum absolute atomic E-state index is 12.4. The Balaban J connectivity index is 1.22. The minimum absolute atomic E-state index is 0.111. The molecule has 1 N–H and O–H groups in total. The van der Waals surface area contributed by atoms with E-state index in [1.165, 1.54) is 32.4 Å². The molecule has 0 radical (unpaired) electrons. The van der Waals surface area contributed by atoms with Gasteiger partial charge < -0.3 is 19.7 Å². The van der Waals surface area contributed by atoms with E-state index in [0.717, 1.165) is 51.5 Å². The molecule has 23 heavy (non-hydrogen) atoms. The van der Waals surface area contributed by atoms with E-state index in [1.807, 2.05) is 0 Å². The van der Waals surface area contributed by atoms with E-state index < -0.39 is 0 Å². The molecule has 0 aromatic rings. The Kier molecular flexibility index (Phi) is 4.88. The summed E-state index contributed by atoms with van der Waals surface area (Å²) in [6.07, 6.45) is 7.11. The summed E-state index contributed by atoms with van der Waals surface area (Å²) in [5.41, 5.74) is 0. The van der Waals surface area contributed by atoms with E-state index in [1.54, 1.807) is 0 Å². The molecule has 3 atom stereocenters. The van der Waals surface area contributed by atoms with Gasteiger partial charge in [-0.15, -0.1) is 0 Å². The lowest BCUT2D eigenvalue weighted by molar-refractivity contribution is -0.133. The van der Waals surface area contributed by atoms with Crippen LogP contribution in [0.3, 0.4) is 0 Å². The highest BCUT2D eigenvalue weighted by molar-refractivity contribution is 5.81. The second-order valence-electron chi connectivity index (χ2n) is 7.95. The van der Waals surface area contributed by atoms with Crippen LogP contribution >= 0.6 is 0 Å². The molecule has 130 valence electrons. The lowest BCUT2D eigenvalue weighted by Gasteiger charge is -2.34. The van der Waals surface area contributed by atoms with E-state index in [-0.39, 0.29) is 18.1 Å². The summed E-state index contributed by atoms with van der Waals surface area (Å²) >= 11 is 0. The van der Waals surface area contributed by atoms with Crippen molar-refractivity contribution in [3.05, 3.63) is 0 Å². The molecule has 4 rings (SSSR count). The van der Waals surface area contributed by atoms with Crippen LogP contribution in [0.4, 0.5) is 0 Å². The molecule has 1 amide bonds. The summed E-state index contributed by atoms with van der Waals surface area (Å²) in [7, 11) is 0. The van der Waals surface area contributed by atoms with Crippen molar-refractivity contribution in [3.63, 3.8) is 0 Å². The standard InChI is InChI=1S/C18H30N2O3/c21-18(19-10-13-4-7-22-8-5-13)16-9-15-3-6-20(11-14-1-2-14)12-17(15)23-16/h13-17H,1-12H2,(H,19,21)/t15-,16-,17+/m0/s1. The Bertz CT molecular complexity index is 420. The number of carbonyl (C=O) groups excluding carboxylic acids is 1. The molecule has 0 spiro atoms. The predicted octanol–water partition coefficient (Wildman–Crippen LogP) is 1.42. The summed E-state index contributed by atoms with van der Waals surface area (Å²) < 4.78 is 11.5. The number of likely N-dealkylation sites (tertiary alicyclic amines) is 1. The van der Waals surface area contributed by atoms with Crippen molar-refractivity contribution >= 4 is 5.91 Å². The molecule has 3 saturated heterocycles. The monoisotopic (exact) mass is 322 g/mol. The smallest absolute Gasteiger partial charge is 0.249 e. The van der Waals surface area contributed by atoms with Gasteiger partial charge in [-0.25, -0.2) is 0 Å². The number of hydrogen-bond donors (Lipinski definition) is 1. The van der Waals surface area contributed by atoms with Crippen molar-refractivity contribution in [1.29, 1.82) is 0 Å². The SMILES string of the molecule is O=C(NCC1CCOCC1)[C@@H]1C[C@@H]2CCN(CC3CC3)C[C@H]2O1. The van der Waals surface area contributed by atoms with Crippen molar-refractivity contribution in [2.75, 3.05) is 39.4 Å². The zero-order valence-electron chi connectivity index (χ0n) is 14.0. The van der Waals surface area contributed by atoms with Gasteiger partial charge >= 0.3 is 0 Å².